The fourth-order valence-corrected chi connectivity index (χ4v) is 3.44. The Kier molecular flexibility index (Phi) is 3.74. The summed E-state index contributed by atoms with van der Waals surface area (Å²) in [4.78, 5) is 15.6. The van der Waals surface area contributed by atoms with E-state index in [9.17, 15) is 4.79 Å². The van der Waals surface area contributed by atoms with Gasteiger partial charge in [-0.05, 0) is 54.5 Å². The summed E-state index contributed by atoms with van der Waals surface area (Å²) >= 11 is 1.76. The molecule has 1 aromatic carbocycles. The zero-order chi connectivity index (χ0) is 13.9. The van der Waals surface area contributed by atoms with Crippen molar-refractivity contribution in [3.8, 4) is 0 Å². The predicted octanol–water partition coefficient (Wildman–Crippen LogP) is 3.24. The maximum absolute atomic E-state index is 12.3. The molecule has 0 unspecified atom stereocenters. The summed E-state index contributed by atoms with van der Waals surface area (Å²) < 4.78 is 0. The fourth-order valence-electron chi connectivity index (χ4n) is 2.68. The van der Waals surface area contributed by atoms with Gasteiger partial charge in [0.15, 0.2) is 0 Å². The van der Waals surface area contributed by atoms with E-state index in [1.54, 1.807) is 11.3 Å². The number of thiophene rings is 1. The summed E-state index contributed by atoms with van der Waals surface area (Å²) in [6, 6.07) is 10.0. The number of fused-ring (bicyclic) bond motifs is 1. The molecule has 3 nitrogen and oxygen atoms in total. The molecule has 0 saturated heterocycles. The topological polar surface area (TPSA) is 46.3 Å². The van der Waals surface area contributed by atoms with Gasteiger partial charge in [0.2, 0.25) is 5.91 Å². The Bertz CT molecular complexity index is 607. The van der Waals surface area contributed by atoms with Crippen LogP contribution in [0.3, 0.4) is 0 Å². The van der Waals surface area contributed by atoms with E-state index < -0.39 is 0 Å². The van der Waals surface area contributed by atoms with Crippen molar-refractivity contribution in [1.82, 2.24) is 0 Å². The number of hydrogen-bond acceptors (Lipinski definition) is 3. The monoisotopic (exact) mass is 286 g/mol. The molecule has 0 fully saturated rings. The van der Waals surface area contributed by atoms with Crippen LogP contribution in [-0.4, -0.2) is 12.5 Å². The summed E-state index contributed by atoms with van der Waals surface area (Å²) in [6.45, 7) is 0.788. The molecule has 0 radical (unpaired) electrons. The molecule has 0 aliphatic carbocycles. The largest absolute Gasteiger partial charge is 0.399 e. The molecule has 2 N–H and O–H groups in total. The van der Waals surface area contributed by atoms with Crippen molar-refractivity contribution in [2.45, 2.75) is 25.7 Å². The first kappa shape index (κ1) is 13.2. The van der Waals surface area contributed by atoms with E-state index in [0.717, 1.165) is 37.2 Å². The molecular formula is C16H18N2OS. The Balaban J connectivity index is 1.59. The highest BCUT2D eigenvalue weighted by Gasteiger charge is 2.23. The first-order valence-electron chi connectivity index (χ1n) is 6.95. The third-order valence-corrected chi connectivity index (χ3v) is 4.63. The lowest BCUT2D eigenvalue weighted by atomic mass is 10.1. The molecule has 4 heteroatoms. The van der Waals surface area contributed by atoms with Gasteiger partial charge in [-0.3, -0.25) is 4.79 Å². The lowest BCUT2D eigenvalue weighted by Crippen LogP contribution is -2.28. The summed E-state index contributed by atoms with van der Waals surface area (Å²) in [7, 11) is 0. The summed E-state index contributed by atoms with van der Waals surface area (Å²) in [5, 5.41) is 2.08. The highest BCUT2D eigenvalue weighted by Crippen LogP contribution is 2.30. The van der Waals surface area contributed by atoms with Crippen LogP contribution in [0, 0.1) is 0 Å². The van der Waals surface area contributed by atoms with E-state index in [1.165, 1.54) is 10.4 Å². The van der Waals surface area contributed by atoms with Crippen molar-refractivity contribution >= 4 is 28.6 Å². The van der Waals surface area contributed by atoms with E-state index in [4.69, 9.17) is 5.73 Å². The van der Waals surface area contributed by atoms with Crippen LogP contribution in [0.25, 0.3) is 0 Å². The Morgan fingerprint density at radius 3 is 3.05 bits per heavy atom. The quantitative estimate of drug-likeness (QED) is 0.877. The van der Waals surface area contributed by atoms with Gasteiger partial charge < -0.3 is 10.6 Å². The van der Waals surface area contributed by atoms with Gasteiger partial charge in [0, 0.05) is 29.2 Å². The molecular weight excluding hydrogens is 268 g/mol. The normalized spacial score (nSPS) is 13.5. The van der Waals surface area contributed by atoms with E-state index in [0.29, 0.717) is 6.42 Å². The summed E-state index contributed by atoms with van der Waals surface area (Å²) in [5.41, 5.74) is 8.79. The van der Waals surface area contributed by atoms with Gasteiger partial charge in [-0.25, -0.2) is 0 Å². The molecule has 1 aliphatic heterocycles. The van der Waals surface area contributed by atoms with Crippen molar-refractivity contribution in [1.29, 1.82) is 0 Å². The first-order valence-corrected chi connectivity index (χ1v) is 7.83. The highest BCUT2D eigenvalue weighted by atomic mass is 32.1. The van der Waals surface area contributed by atoms with Crippen molar-refractivity contribution in [3.05, 3.63) is 46.2 Å². The number of benzene rings is 1. The van der Waals surface area contributed by atoms with Gasteiger partial charge in [0.1, 0.15) is 0 Å². The molecule has 1 aromatic heterocycles. The Labute approximate surface area is 123 Å². The Morgan fingerprint density at radius 2 is 2.25 bits per heavy atom. The standard InChI is InChI=1S/C16H18N2OS/c17-13-6-7-15-12(11-13)8-9-18(15)16(19)5-1-3-14-4-2-10-20-14/h2,4,6-7,10-11H,1,3,5,8-9,17H2. The van der Waals surface area contributed by atoms with Crippen LogP contribution in [0.15, 0.2) is 35.7 Å². The molecule has 0 atom stereocenters. The van der Waals surface area contributed by atoms with E-state index in [1.807, 2.05) is 23.1 Å². The molecule has 104 valence electrons. The molecule has 20 heavy (non-hydrogen) atoms. The number of nitrogen functional groups attached to an aromatic ring is 1. The molecule has 0 saturated carbocycles. The lowest BCUT2D eigenvalue weighted by Gasteiger charge is -2.17. The number of aryl methyl sites for hydroxylation is 1. The Hall–Kier alpha value is -1.81. The van der Waals surface area contributed by atoms with Crippen LogP contribution in [0.5, 0.6) is 0 Å². The number of nitrogens with two attached hydrogens (primary N) is 1. The maximum Gasteiger partial charge on any atom is 0.227 e. The zero-order valence-corrected chi connectivity index (χ0v) is 12.2. The fraction of sp³-hybridized carbons (Fsp3) is 0.312. The number of anilines is 2. The summed E-state index contributed by atoms with van der Waals surface area (Å²) in [5.74, 6) is 0.227. The minimum atomic E-state index is 0.227. The third kappa shape index (κ3) is 2.70. The second-order valence-corrected chi connectivity index (χ2v) is 6.15. The van der Waals surface area contributed by atoms with Gasteiger partial charge in [0.25, 0.3) is 0 Å². The van der Waals surface area contributed by atoms with E-state index >= 15 is 0 Å². The van der Waals surface area contributed by atoms with Gasteiger partial charge in [0.05, 0.1) is 0 Å². The summed E-state index contributed by atoms with van der Waals surface area (Å²) in [6.07, 6.45) is 3.44. The molecule has 1 amide bonds. The molecule has 3 rings (SSSR count). The van der Waals surface area contributed by atoms with Crippen LogP contribution in [0.1, 0.15) is 23.3 Å². The molecule has 2 aromatic rings. The van der Waals surface area contributed by atoms with Crippen molar-refractivity contribution < 1.29 is 4.79 Å². The predicted molar refractivity (Wildman–Crippen MR) is 84.2 cm³/mol. The average molecular weight is 286 g/mol. The number of carbonyl (C=O) groups excluding carboxylic acids is 1. The number of hydrogen-bond donors (Lipinski definition) is 1. The Morgan fingerprint density at radius 1 is 1.35 bits per heavy atom. The highest BCUT2D eigenvalue weighted by molar-refractivity contribution is 7.09. The molecule has 0 spiro atoms. The number of carbonyl (C=O) groups is 1. The van der Waals surface area contributed by atoms with Gasteiger partial charge >= 0.3 is 0 Å². The van der Waals surface area contributed by atoms with E-state index in [-0.39, 0.29) is 5.91 Å². The molecule has 1 aliphatic rings. The maximum atomic E-state index is 12.3. The van der Waals surface area contributed by atoms with Crippen molar-refractivity contribution in [3.63, 3.8) is 0 Å². The number of rotatable bonds is 4. The van der Waals surface area contributed by atoms with Gasteiger partial charge in [-0.2, -0.15) is 0 Å². The third-order valence-electron chi connectivity index (χ3n) is 3.69. The van der Waals surface area contributed by atoms with Crippen LogP contribution in [0.2, 0.25) is 0 Å². The second kappa shape index (κ2) is 5.67. The zero-order valence-electron chi connectivity index (χ0n) is 11.3. The van der Waals surface area contributed by atoms with Crippen LogP contribution >= 0.6 is 11.3 Å². The smallest absolute Gasteiger partial charge is 0.227 e. The van der Waals surface area contributed by atoms with Crippen LogP contribution in [-0.2, 0) is 17.6 Å². The van der Waals surface area contributed by atoms with Crippen molar-refractivity contribution in [2.75, 3.05) is 17.2 Å². The minimum absolute atomic E-state index is 0.227. The average Bonchev–Trinajstić information content (AvgIpc) is 3.07. The molecule has 0 bridgehead atoms. The van der Waals surface area contributed by atoms with Crippen molar-refractivity contribution in [2.24, 2.45) is 0 Å². The lowest BCUT2D eigenvalue weighted by molar-refractivity contribution is -0.118. The van der Waals surface area contributed by atoms with Crippen LogP contribution in [0.4, 0.5) is 11.4 Å². The SMILES string of the molecule is Nc1ccc2c(c1)CCN2C(=O)CCCc1cccs1. The number of amides is 1. The molecule has 2 heterocycles. The van der Waals surface area contributed by atoms with Gasteiger partial charge in [-0.15, -0.1) is 11.3 Å². The van der Waals surface area contributed by atoms with Gasteiger partial charge in [-0.1, -0.05) is 6.07 Å². The second-order valence-electron chi connectivity index (χ2n) is 5.12. The number of nitrogens with zero attached hydrogens (tertiary/aromatic N) is 1. The first-order chi connectivity index (χ1) is 9.74. The van der Waals surface area contributed by atoms with Crippen LogP contribution < -0.4 is 10.6 Å². The van der Waals surface area contributed by atoms with E-state index in [2.05, 4.69) is 17.5 Å². The minimum Gasteiger partial charge on any atom is -0.399 e.